The first-order valence-corrected chi connectivity index (χ1v) is 13.3. The highest BCUT2D eigenvalue weighted by Crippen LogP contribution is 2.27. The zero-order chi connectivity index (χ0) is 27.7. The van der Waals surface area contributed by atoms with E-state index in [-0.39, 0.29) is 18.9 Å². The molecule has 4 aromatic rings. The molecule has 1 aromatic heterocycles. The number of rotatable bonds is 9. The molecule has 1 saturated heterocycles. The number of nitrogens with zero attached hydrogens (tertiary/aromatic N) is 3. The maximum atomic E-state index is 13.9. The molecule has 0 aliphatic carbocycles. The lowest BCUT2D eigenvalue weighted by Crippen LogP contribution is -2.41. The number of nitrogens with one attached hydrogen (secondary N) is 1. The van der Waals surface area contributed by atoms with Crippen molar-refractivity contribution in [1.29, 1.82) is 0 Å². The highest BCUT2D eigenvalue weighted by molar-refractivity contribution is 5.98. The first-order valence-electron chi connectivity index (χ1n) is 13.3. The van der Waals surface area contributed by atoms with Crippen LogP contribution in [0.2, 0.25) is 0 Å². The molecule has 7 nitrogen and oxygen atoms in total. The lowest BCUT2D eigenvalue weighted by atomic mass is 10.0. The van der Waals surface area contributed by atoms with E-state index in [2.05, 4.69) is 15.2 Å². The summed E-state index contributed by atoms with van der Waals surface area (Å²) in [5.41, 5.74) is 3.77. The topological polar surface area (TPSA) is 74.8 Å². The van der Waals surface area contributed by atoms with Crippen LogP contribution in [0.4, 0.5) is 15.8 Å². The molecule has 1 fully saturated rings. The third-order valence-electron chi connectivity index (χ3n) is 6.85. The fraction of sp³-hybridized carbons (Fsp3) is 0.219. The normalized spacial score (nSPS) is 13.9. The molecule has 2 heterocycles. The Hall–Kier alpha value is -4.56. The Bertz CT molecular complexity index is 1390. The summed E-state index contributed by atoms with van der Waals surface area (Å²) in [6.07, 6.45) is 3.44. The molecule has 1 atom stereocenters. The summed E-state index contributed by atoms with van der Waals surface area (Å²) in [7, 11) is 0. The Labute approximate surface area is 233 Å². The number of hydrogen-bond acceptors (Lipinski definition) is 5. The van der Waals surface area contributed by atoms with Crippen LogP contribution in [0.5, 0.6) is 0 Å². The largest absolute Gasteiger partial charge is 0.378 e. The summed E-state index contributed by atoms with van der Waals surface area (Å²) >= 11 is 0. The van der Waals surface area contributed by atoms with E-state index in [0.29, 0.717) is 24.5 Å². The highest BCUT2D eigenvalue weighted by Gasteiger charge is 2.32. The van der Waals surface area contributed by atoms with Gasteiger partial charge in [-0.05, 0) is 59.2 Å². The van der Waals surface area contributed by atoms with Gasteiger partial charge in [0.25, 0.3) is 5.91 Å². The average molecular weight is 539 g/mol. The average Bonchev–Trinajstić information content (AvgIpc) is 2.99. The number of halogens is 1. The van der Waals surface area contributed by atoms with Crippen LogP contribution in [0.3, 0.4) is 0 Å². The highest BCUT2D eigenvalue weighted by atomic mass is 19.1. The van der Waals surface area contributed by atoms with E-state index in [1.165, 1.54) is 17.0 Å². The maximum Gasteiger partial charge on any atom is 0.251 e. The number of pyridine rings is 1. The van der Waals surface area contributed by atoms with Crippen molar-refractivity contribution in [3.63, 3.8) is 0 Å². The van der Waals surface area contributed by atoms with Gasteiger partial charge < -0.3 is 19.9 Å². The molecule has 0 radical (unpaired) electrons. The van der Waals surface area contributed by atoms with Gasteiger partial charge in [0.1, 0.15) is 11.9 Å². The zero-order valence-corrected chi connectivity index (χ0v) is 22.1. The number of ether oxygens (including phenoxy) is 1. The summed E-state index contributed by atoms with van der Waals surface area (Å²) in [6.45, 7) is 3.14. The van der Waals surface area contributed by atoms with Crippen molar-refractivity contribution in [2.45, 2.75) is 19.0 Å². The van der Waals surface area contributed by atoms with Crippen molar-refractivity contribution in [1.82, 2.24) is 9.88 Å². The number of amides is 2. The lowest BCUT2D eigenvalue weighted by molar-refractivity contribution is -0.139. The first kappa shape index (κ1) is 27.0. The minimum absolute atomic E-state index is 0.111. The second-order valence-corrected chi connectivity index (χ2v) is 9.63. The number of benzene rings is 3. The van der Waals surface area contributed by atoms with Crippen LogP contribution in [0.15, 0.2) is 103 Å². The van der Waals surface area contributed by atoms with E-state index >= 15 is 0 Å². The number of anilines is 2. The van der Waals surface area contributed by atoms with Crippen LogP contribution >= 0.6 is 0 Å². The van der Waals surface area contributed by atoms with Crippen molar-refractivity contribution in [3.8, 4) is 0 Å². The van der Waals surface area contributed by atoms with Crippen molar-refractivity contribution < 1.29 is 18.7 Å². The minimum atomic E-state index is -1.00. The number of aromatic nitrogens is 1. The third kappa shape index (κ3) is 6.90. The summed E-state index contributed by atoms with van der Waals surface area (Å²) in [5, 5.41) is 2.98. The van der Waals surface area contributed by atoms with Gasteiger partial charge in [0.2, 0.25) is 5.91 Å². The second kappa shape index (κ2) is 13.0. The number of carbonyl (C=O) groups excluding carboxylic acids is 2. The van der Waals surface area contributed by atoms with E-state index in [0.717, 1.165) is 29.9 Å². The molecule has 1 N–H and O–H groups in total. The molecule has 1 aliphatic rings. The molecule has 5 rings (SSSR count). The molecular weight excluding hydrogens is 507 g/mol. The van der Waals surface area contributed by atoms with Crippen LogP contribution in [-0.4, -0.2) is 48.0 Å². The Morgan fingerprint density at radius 2 is 1.60 bits per heavy atom. The third-order valence-corrected chi connectivity index (χ3v) is 6.85. The fourth-order valence-electron chi connectivity index (χ4n) is 4.79. The molecular formula is C32H31FN4O3. The fourth-order valence-corrected chi connectivity index (χ4v) is 4.79. The molecule has 8 heteroatoms. The Morgan fingerprint density at radius 3 is 2.27 bits per heavy atom. The Morgan fingerprint density at radius 1 is 0.900 bits per heavy atom. The molecule has 204 valence electrons. The second-order valence-electron chi connectivity index (χ2n) is 9.63. The zero-order valence-electron chi connectivity index (χ0n) is 22.1. The smallest absolute Gasteiger partial charge is 0.251 e. The number of carbonyl (C=O) groups is 2. The van der Waals surface area contributed by atoms with Crippen molar-refractivity contribution in [3.05, 3.63) is 126 Å². The first-order chi connectivity index (χ1) is 19.6. The summed E-state index contributed by atoms with van der Waals surface area (Å²) in [4.78, 5) is 35.7. The molecule has 1 unspecified atom stereocenters. The van der Waals surface area contributed by atoms with Gasteiger partial charge in [-0.25, -0.2) is 4.39 Å². The van der Waals surface area contributed by atoms with Crippen LogP contribution in [-0.2, 0) is 27.3 Å². The van der Waals surface area contributed by atoms with Crippen LogP contribution in [0, 0.1) is 5.82 Å². The van der Waals surface area contributed by atoms with Gasteiger partial charge in [-0.15, -0.1) is 0 Å². The standard InChI is InChI=1S/C32H31FN4O3/c33-27-10-8-26(9-11-27)31(32(39)35-28-12-14-29(15-13-28)36-17-19-40-20-18-36)37(23-25-7-4-16-34-22-25)30(38)21-24-5-2-1-3-6-24/h1-16,22,31H,17-21,23H2,(H,35,39). The molecule has 3 aromatic carbocycles. The van der Waals surface area contributed by atoms with E-state index in [1.54, 1.807) is 30.6 Å². The molecule has 0 spiro atoms. The molecule has 1 aliphatic heterocycles. The van der Waals surface area contributed by atoms with Crippen molar-refractivity contribution >= 4 is 23.2 Å². The van der Waals surface area contributed by atoms with Gasteiger partial charge in [0.05, 0.1) is 19.6 Å². The number of hydrogen-bond donors (Lipinski definition) is 1. The predicted molar refractivity (Wildman–Crippen MR) is 152 cm³/mol. The summed E-state index contributed by atoms with van der Waals surface area (Å²) in [6, 6.07) is 25.4. The van der Waals surface area contributed by atoms with Crippen molar-refractivity contribution in [2.75, 3.05) is 36.5 Å². The van der Waals surface area contributed by atoms with Gasteiger partial charge in [-0.1, -0.05) is 48.5 Å². The monoisotopic (exact) mass is 538 g/mol. The van der Waals surface area contributed by atoms with Crippen LogP contribution in [0.1, 0.15) is 22.7 Å². The Balaban J connectivity index is 1.45. The maximum absolute atomic E-state index is 13.9. The lowest BCUT2D eigenvalue weighted by Gasteiger charge is -2.32. The van der Waals surface area contributed by atoms with Gasteiger partial charge in [-0.2, -0.15) is 0 Å². The minimum Gasteiger partial charge on any atom is -0.378 e. The van der Waals surface area contributed by atoms with Crippen LogP contribution < -0.4 is 10.2 Å². The summed E-state index contributed by atoms with van der Waals surface area (Å²) < 4.78 is 19.3. The van der Waals surface area contributed by atoms with Gasteiger partial charge in [0, 0.05) is 43.4 Å². The summed E-state index contributed by atoms with van der Waals surface area (Å²) in [5.74, 6) is -1.05. The molecule has 40 heavy (non-hydrogen) atoms. The van der Waals surface area contributed by atoms with Gasteiger partial charge in [0.15, 0.2) is 0 Å². The SMILES string of the molecule is O=C(Nc1ccc(N2CCOCC2)cc1)C(c1ccc(F)cc1)N(Cc1cccnc1)C(=O)Cc1ccccc1. The molecule has 0 bridgehead atoms. The molecule has 2 amide bonds. The van der Waals surface area contributed by atoms with E-state index in [1.807, 2.05) is 60.7 Å². The van der Waals surface area contributed by atoms with Gasteiger partial charge in [-0.3, -0.25) is 14.6 Å². The van der Waals surface area contributed by atoms with Gasteiger partial charge >= 0.3 is 0 Å². The molecule has 0 saturated carbocycles. The quantitative estimate of drug-likeness (QED) is 0.324. The van der Waals surface area contributed by atoms with E-state index < -0.39 is 17.8 Å². The van der Waals surface area contributed by atoms with E-state index in [4.69, 9.17) is 4.74 Å². The van der Waals surface area contributed by atoms with E-state index in [9.17, 15) is 14.0 Å². The number of morpholine rings is 1. The van der Waals surface area contributed by atoms with Crippen molar-refractivity contribution in [2.24, 2.45) is 0 Å². The van der Waals surface area contributed by atoms with Crippen LogP contribution in [0.25, 0.3) is 0 Å². The Kier molecular flexibility index (Phi) is 8.78. The predicted octanol–water partition coefficient (Wildman–Crippen LogP) is 5.01.